The maximum atomic E-state index is 11.9. The Morgan fingerprint density at radius 3 is 2.70 bits per heavy atom. The van der Waals surface area contributed by atoms with Crippen LogP contribution < -0.4 is 11.5 Å². The molecule has 1 heterocycles. The van der Waals surface area contributed by atoms with E-state index in [9.17, 15) is 4.79 Å². The molecule has 2 aromatic carbocycles. The highest BCUT2D eigenvalue weighted by Crippen LogP contribution is 2.24. The topological polar surface area (TPSA) is 61.2 Å². The van der Waals surface area contributed by atoms with E-state index in [-0.39, 0.29) is 0 Å². The van der Waals surface area contributed by atoms with Gasteiger partial charge in [0.05, 0.1) is 27.8 Å². The molecule has 0 radical (unpaired) electrons. The summed E-state index contributed by atoms with van der Waals surface area (Å²) in [5, 5.41) is 0.925. The molecular formula is C14H10Cl2N2O2. The average molecular weight is 309 g/mol. The van der Waals surface area contributed by atoms with Gasteiger partial charge in [-0.25, -0.2) is 4.79 Å². The SMILES string of the molecule is Nc1cccc2c1oc(=O)n2Cc1ccc(Cl)c(Cl)c1. The van der Waals surface area contributed by atoms with Crippen LogP contribution in [0.3, 0.4) is 0 Å². The average Bonchev–Trinajstić information content (AvgIpc) is 2.73. The molecule has 0 bridgehead atoms. The van der Waals surface area contributed by atoms with Crippen LogP contribution in [0.2, 0.25) is 10.0 Å². The van der Waals surface area contributed by atoms with Crippen LogP contribution >= 0.6 is 23.2 Å². The lowest BCUT2D eigenvalue weighted by Gasteiger charge is -2.04. The Labute approximate surface area is 124 Å². The Bertz CT molecular complexity index is 852. The Balaban J connectivity index is 2.11. The molecule has 0 atom stereocenters. The molecule has 0 amide bonds. The number of fused-ring (bicyclic) bond motifs is 1. The van der Waals surface area contributed by atoms with Crippen LogP contribution in [-0.4, -0.2) is 4.57 Å². The lowest BCUT2D eigenvalue weighted by atomic mass is 10.2. The van der Waals surface area contributed by atoms with Gasteiger partial charge in [-0.1, -0.05) is 35.3 Å². The number of nitrogen functional groups attached to an aromatic ring is 1. The van der Waals surface area contributed by atoms with E-state index in [1.54, 1.807) is 30.3 Å². The van der Waals surface area contributed by atoms with Crippen molar-refractivity contribution in [3.8, 4) is 0 Å². The lowest BCUT2D eigenvalue weighted by Crippen LogP contribution is -2.14. The summed E-state index contributed by atoms with van der Waals surface area (Å²) in [6, 6.07) is 10.5. The number of nitrogens with two attached hydrogens (primary N) is 1. The second-order valence-electron chi connectivity index (χ2n) is 4.40. The molecule has 6 heteroatoms. The molecule has 4 nitrogen and oxygen atoms in total. The second kappa shape index (κ2) is 4.89. The third-order valence-electron chi connectivity index (χ3n) is 3.05. The Morgan fingerprint density at radius 1 is 1.15 bits per heavy atom. The molecule has 0 saturated heterocycles. The number of hydrogen-bond donors (Lipinski definition) is 1. The summed E-state index contributed by atoms with van der Waals surface area (Å²) in [6.07, 6.45) is 0. The first kappa shape index (κ1) is 13.1. The highest BCUT2D eigenvalue weighted by Gasteiger charge is 2.12. The van der Waals surface area contributed by atoms with Crippen molar-refractivity contribution in [2.75, 3.05) is 5.73 Å². The van der Waals surface area contributed by atoms with Crippen molar-refractivity contribution in [3.05, 3.63) is 62.6 Å². The summed E-state index contributed by atoms with van der Waals surface area (Å²) in [5.41, 5.74) is 8.14. The number of nitrogens with zero attached hydrogens (tertiary/aromatic N) is 1. The second-order valence-corrected chi connectivity index (χ2v) is 5.21. The summed E-state index contributed by atoms with van der Waals surface area (Å²) < 4.78 is 6.68. The largest absolute Gasteiger partial charge is 0.420 e. The monoisotopic (exact) mass is 308 g/mol. The number of rotatable bonds is 2. The smallest absolute Gasteiger partial charge is 0.405 e. The van der Waals surface area contributed by atoms with Gasteiger partial charge in [0.15, 0.2) is 5.58 Å². The van der Waals surface area contributed by atoms with Gasteiger partial charge in [-0.05, 0) is 29.8 Å². The van der Waals surface area contributed by atoms with Crippen molar-refractivity contribution >= 4 is 40.0 Å². The fraction of sp³-hybridized carbons (Fsp3) is 0.0714. The van der Waals surface area contributed by atoms with E-state index in [1.807, 2.05) is 6.07 Å². The van der Waals surface area contributed by atoms with E-state index in [0.717, 1.165) is 5.56 Å². The molecule has 0 fully saturated rings. The summed E-state index contributed by atoms with van der Waals surface area (Å²) >= 11 is 11.8. The van der Waals surface area contributed by atoms with E-state index >= 15 is 0 Å². The van der Waals surface area contributed by atoms with Crippen LogP contribution in [0, 0.1) is 0 Å². The number of benzene rings is 2. The normalized spacial score (nSPS) is 11.1. The zero-order valence-electron chi connectivity index (χ0n) is 10.3. The minimum absolute atomic E-state index is 0.339. The van der Waals surface area contributed by atoms with Gasteiger partial charge in [0.25, 0.3) is 0 Å². The molecule has 20 heavy (non-hydrogen) atoms. The molecule has 102 valence electrons. The molecule has 2 N–H and O–H groups in total. The number of para-hydroxylation sites is 1. The zero-order valence-corrected chi connectivity index (χ0v) is 11.8. The Kier molecular flexibility index (Phi) is 3.20. The fourth-order valence-electron chi connectivity index (χ4n) is 2.08. The van der Waals surface area contributed by atoms with Gasteiger partial charge in [-0.15, -0.1) is 0 Å². The molecule has 0 aliphatic heterocycles. The molecule has 1 aromatic heterocycles. The van der Waals surface area contributed by atoms with Crippen molar-refractivity contribution in [1.82, 2.24) is 4.57 Å². The van der Waals surface area contributed by atoms with Gasteiger partial charge >= 0.3 is 5.76 Å². The van der Waals surface area contributed by atoms with E-state index in [1.165, 1.54) is 4.57 Å². The van der Waals surface area contributed by atoms with Crippen LogP contribution in [0.25, 0.3) is 11.1 Å². The predicted octanol–water partition coefficient (Wildman–Crippen LogP) is 3.53. The van der Waals surface area contributed by atoms with Gasteiger partial charge in [0.2, 0.25) is 0 Å². The Hall–Kier alpha value is -1.91. The number of halogens is 2. The Morgan fingerprint density at radius 2 is 1.95 bits per heavy atom. The van der Waals surface area contributed by atoms with Crippen LogP contribution in [0.4, 0.5) is 5.69 Å². The number of hydrogen-bond acceptors (Lipinski definition) is 3. The predicted molar refractivity (Wildman–Crippen MR) is 80.5 cm³/mol. The fourth-order valence-corrected chi connectivity index (χ4v) is 2.40. The van der Waals surface area contributed by atoms with Crippen molar-refractivity contribution in [2.45, 2.75) is 6.54 Å². The molecule has 0 unspecified atom stereocenters. The maximum absolute atomic E-state index is 11.9. The summed E-state index contributed by atoms with van der Waals surface area (Å²) in [5.74, 6) is -0.455. The third kappa shape index (κ3) is 2.17. The molecule has 3 rings (SSSR count). The summed E-state index contributed by atoms with van der Waals surface area (Å²) in [4.78, 5) is 11.9. The van der Waals surface area contributed by atoms with E-state index in [4.69, 9.17) is 33.4 Å². The van der Waals surface area contributed by atoms with Crippen LogP contribution in [-0.2, 0) is 6.54 Å². The highest BCUT2D eigenvalue weighted by molar-refractivity contribution is 6.42. The van der Waals surface area contributed by atoms with Gasteiger partial charge < -0.3 is 10.2 Å². The van der Waals surface area contributed by atoms with E-state index in [2.05, 4.69) is 0 Å². The van der Waals surface area contributed by atoms with Crippen LogP contribution in [0.5, 0.6) is 0 Å². The minimum atomic E-state index is -0.455. The molecule has 0 aliphatic carbocycles. The van der Waals surface area contributed by atoms with Crippen molar-refractivity contribution in [3.63, 3.8) is 0 Å². The molecule has 0 saturated carbocycles. The molecular weight excluding hydrogens is 299 g/mol. The van der Waals surface area contributed by atoms with Crippen LogP contribution in [0.1, 0.15) is 5.56 Å². The van der Waals surface area contributed by atoms with Gasteiger partial charge in [0.1, 0.15) is 0 Å². The van der Waals surface area contributed by atoms with Gasteiger partial charge in [0, 0.05) is 0 Å². The molecule has 3 aromatic rings. The van der Waals surface area contributed by atoms with Crippen LogP contribution in [0.15, 0.2) is 45.6 Å². The van der Waals surface area contributed by atoms with Crippen molar-refractivity contribution in [1.29, 1.82) is 0 Å². The lowest BCUT2D eigenvalue weighted by molar-refractivity contribution is 0.518. The maximum Gasteiger partial charge on any atom is 0.420 e. The molecule has 0 aliphatic rings. The minimum Gasteiger partial charge on any atom is -0.405 e. The van der Waals surface area contributed by atoms with Crippen molar-refractivity contribution in [2.24, 2.45) is 0 Å². The standard InChI is InChI=1S/C14H10Cl2N2O2/c15-9-5-4-8(6-10(9)16)7-18-12-3-1-2-11(17)13(12)20-14(18)19/h1-6H,7,17H2. The summed E-state index contributed by atoms with van der Waals surface area (Å²) in [6.45, 7) is 0.339. The number of aromatic nitrogens is 1. The number of anilines is 1. The van der Waals surface area contributed by atoms with E-state index < -0.39 is 5.76 Å². The molecule has 0 spiro atoms. The first-order valence-electron chi connectivity index (χ1n) is 5.88. The third-order valence-corrected chi connectivity index (χ3v) is 3.79. The number of oxazole rings is 1. The first-order chi connectivity index (χ1) is 9.56. The highest BCUT2D eigenvalue weighted by atomic mass is 35.5. The van der Waals surface area contributed by atoms with E-state index in [0.29, 0.717) is 33.4 Å². The summed E-state index contributed by atoms with van der Waals surface area (Å²) in [7, 11) is 0. The zero-order chi connectivity index (χ0) is 14.3. The van der Waals surface area contributed by atoms with Crippen molar-refractivity contribution < 1.29 is 4.42 Å². The first-order valence-corrected chi connectivity index (χ1v) is 6.63. The van der Waals surface area contributed by atoms with Gasteiger partial charge in [-0.3, -0.25) is 4.57 Å². The van der Waals surface area contributed by atoms with Gasteiger partial charge in [-0.2, -0.15) is 0 Å². The quantitative estimate of drug-likeness (QED) is 0.737.